The van der Waals surface area contributed by atoms with Gasteiger partial charge in [0.2, 0.25) is 6.04 Å². The van der Waals surface area contributed by atoms with Crippen LogP contribution in [0.2, 0.25) is 0 Å². The highest BCUT2D eigenvalue weighted by Gasteiger charge is 2.30. The summed E-state index contributed by atoms with van der Waals surface area (Å²) in [4.78, 5) is 13.5. The first-order chi connectivity index (χ1) is 8.70. The van der Waals surface area contributed by atoms with Crippen LogP contribution < -0.4 is 14.8 Å². The fraction of sp³-hybridized carbons (Fsp3) is 0.500. The number of carbonyl (C=O) groups excluding carboxylic acids is 1. The molecule has 0 aliphatic heterocycles. The first kappa shape index (κ1) is 15.3. The van der Waals surface area contributed by atoms with Crippen molar-refractivity contribution in [1.82, 2.24) is 5.32 Å². The third-order valence-electron chi connectivity index (χ3n) is 2.64. The van der Waals surface area contributed by atoms with E-state index in [1.54, 1.807) is 36.0 Å². The lowest BCUT2D eigenvalue weighted by atomic mass is 10.3. The maximum absolute atomic E-state index is 12.0. The van der Waals surface area contributed by atoms with Crippen LogP contribution in [-0.2, 0) is 4.79 Å². The summed E-state index contributed by atoms with van der Waals surface area (Å²) in [6, 6.07) is 2.87. The summed E-state index contributed by atoms with van der Waals surface area (Å²) in [5.41, 5.74) is 0.944. The van der Waals surface area contributed by atoms with E-state index in [9.17, 15) is 18.0 Å². The van der Waals surface area contributed by atoms with Gasteiger partial charge in [-0.2, -0.15) is 17.7 Å². The number of anilines is 1. The number of alkyl halides is 3. The highest BCUT2D eigenvalue weighted by Crippen LogP contribution is 2.12. The molecule has 0 saturated carbocycles. The number of nitrogens with one attached hydrogen (secondary N) is 1. The molecule has 0 unspecified atom stereocenters. The third-order valence-corrected chi connectivity index (χ3v) is 2.64. The Kier molecular flexibility index (Phi) is 4.74. The molecule has 1 aromatic heterocycles. The predicted molar refractivity (Wildman–Crippen MR) is 64.7 cm³/mol. The molecule has 0 radical (unpaired) electrons. The fourth-order valence-electron chi connectivity index (χ4n) is 1.46. The number of amides is 1. The lowest BCUT2D eigenvalue weighted by Gasteiger charge is -2.13. The van der Waals surface area contributed by atoms with Gasteiger partial charge in [-0.1, -0.05) is 0 Å². The molecule has 1 N–H and O–H groups in total. The lowest BCUT2D eigenvalue weighted by Crippen LogP contribution is -2.48. The van der Waals surface area contributed by atoms with E-state index in [0.717, 1.165) is 5.69 Å². The minimum absolute atomic E-state index is 0.667. The Morgan fingerprint density at radius 1 is 1.37 bits per heavy atom. The molecule has 106 valence electrons. The second-order valence-corrected chi connectivity index (χ2v) is 4.41. The van der Waals surface area contributed by atoms with Crippen molar-refractivity contribution in [3.8, 4) is 0 Å². The van der Waals surface area contributed by atoms with E-state index in [0.29, 0.717) is 0 Å². The molecule has 19 heavy (non-hydrogen) atoms. The SMILES string of the molecule is C[C@@H](C(=O)NCC(F)(F)F)[n+]1ccc(N(C)C)cc1. The molecule has 1 rings (SSSR count). The maximum Gasteiger partial charge on any atom is 0.405 e. The molecule has 0 aliphatic rings. The second kappa shape index (κ2) is 5.90. The number of aromatic nitrogens is 1. The van der Waals surface area contributed by atoms with Crippen molar-refractivity contribution in [1.29, 1.82) is 0 Å². The van der Waals surface area contributed by atoms with Crippen LogP contribution in [0.15, 0.2) is 24.5 Å². The number of carbonyl (C=O) groups is 1. The maximum atomic E-state index is 12.0. The molecule has 7 heteroatoms. The normalized spacial score (nSPS) is 12.9. The summed E-state index contributed by atoms with van der Waals surface area (Å²) in [7, 11) is 3.75. The van der Waals surface area contributed by atoms with E-state index in [-0.39, 0.29) is 0 Å². The number of nitrogens with zero attached hydrogens (tertiary/aromatic N) is 2. The molecule has 1 aromatic rings. The Labute approximate surface area is 109 Å². The van der Waals surface area contributed by atoms with Gasteiger partial charge in [0.05, 0.1) is 0 Å². The predicted octanol–water partition coefficient (Wildman–Crippen LogP) is 1.28. The average molecular weight is 276 g/mol. The quantitative estimate of drug-likeness (QED) is 0.841. The standard InChI is InChI=1S/C12H16F3N3O/c1-9(11(19)16-8-12(13,14)15)18-6-4-10(5-7-18)17(2)3/h4-7,9H,8H2,1-3H3/p+1/t9-/m0/s1. The van der Waals surface area contributed by atoms with Crippen LogP contribution in [0.3, 0.4) is 0 Å². The first-order valence-electron chi connectivity index (χ1n) is 5.73. The van der Waals surface area contributed by atoms with Gasteiger partial charge in [0.25, 0.3) is 5.91 Å². The van der Waals surface area contributed by atoms with Crippen LogP contribution >= 0.6 is 0 Å². The Balaban J connectivity index is 2.66. The average Bonchev–Trinajstić information content (AvgIpc) is 2.34. The van der Waals surface area contributed by atoms with E-state index >= 15 is 0 Å². The number of hydrogen-bond acceptors (Lipinski definition) is 2. The molecule has 1 heterocycles. The van der Waals surface area contributed by atoms with Crippen LogP contribution in [0.25, 0.3) is 0 Å². The summed E-state index contributed by atoms with van der Waals surface area (Å²) in [6.07, 6.45) is -1.07. The van der Waals surface area contributed by atoms with Gasteiger partial charge in [-0.3, -0.25) is 4.79 Å². The molecule has 0 aliphatic carbocycles. The number of hydrogen-bond donors (Lipinski definition) is 1. The number of halogens is 3. The van der Waals surface area contributed by atoms with Crippen LogP contribution in [0, 0.1) is 0 Å². The van der Waals surface area contributed by atoms with Gasteiger partial charge in [0.15, 0.2) is 12.4 Å². The van der Waals surface area contributed by atoms with Crippen molar-refractivity contribution < 1.29 is 22.5 Å². The van der Waals surface area contributed by atoms with E-state index in [1.807, 2.05) is 24.3 Å². The van der Waals surface area contributed by atoms with E-state index < -0.39 is 24.7 Å². The Morgan fingerprint density at radius 2 is 1.89 bits per heavy atom. The zero-order valence-electron chi connectivity index (χ0n) is 11.0. The van der Waals surface area contributed by atoms with Crippen molar-refractivity contribution >= 4 is 11.6 Å². The molecule has 0 aromatic carbocycles. The van der Waals surface area contributed by atoms with Crippen LogP contribution in [-0.4, -0.2) is 32.7 Å². The summed E-state index contributed by atoms with van der Waals surface area (Å²) >= 11 is 0. The molecule has 0 spiro atoms. The van der Waals surface area contributed by atoms with Crippen molar-refractivity contribution in [3.05, 3.63) is 24.5 Å². The minimum atomic E-state index is -4.39. The van der Waals surface area contributed by atoms with Crippen LogP contribution in [0.1, 0.15) is 13.0 Å². The summed E-state index contributed by atoms with van der Waals surface area (Å²) < 4.78 is 37.5. The van der Waals surface area contributed by atoms with Crippen LogP contribution in [0.4, 0.5) is 18.9 Å². The molecular weight excluding hydrogens is 259 g/mol. The summed E-state index contributed by atoms with van der Waals surface area (Å²) in [5.74, 6) is -0.667. The molecular formula is C12H17F3N3O+. The zero-order valence-corrected chi connectivity index (χ0v) is 11.0. The number of pyridine rings is 1. The molecule has 0 bridgehead atoms. The van der Waals surface area contributed by atoms with Gasteiger partial charge in [0, 0.05) is 38.8 Å². The highest BCUT2D eigenvalue weighted by atomic mass is 19.4. The van der Waals surface area contributed by atoms with Crippen molar-refractivity contribution in [2.24, 2.45) is 0 Å². The van der Waals surface area contributed by atoms with Crippen molar-refractivity contribution in [2.45, 2.75) is 19.1 Å². The summed E-state index contributed by atoms with van der Waals surface area (Å²) in [6.45, 7) is 0.230. The van der Waals surface area contributed by atoms with Crippen molar-refractivity contribution in [2.75, 3.05) is 25.5 Å². The van der Waals surface area contributed by atoms with Gasteiger partial charge in [0.1, 0.15) is 6.54 Å². The van der Waals surface area contributed by atoms with Gasteiger partial charge < -0.3 is 10.2 Å². The van der Waals surface area contributed by atoms with Crippen LogP contribution in [0.5, 0.6) is 0 Å². The molecule has 0 fully saturated rings. The van der Waals surface area contributed by atoms with E-state index in [2.05, 4.69) is 0 Å². The smallest absolute Gasteiger partial charge is 0.377 e. The minimum Gasteiger partial charge on any atom is -0.377 e. The monoisotopic (exact) mass is 276 g/mol. The summed E-state index contributed by atoms with van der Waals surface area (Å²) in [5, 5.41) is 1.86. The lowest BCUT2D eigenvalue weighted by molar-refractivity contribution is -0.706. The Morgan fingerprint density at radius 3 is 2.32 bits per heavy atom. The molecule has 1 atom stereocenters. The van der Waals surface area contributed by atoms with Gasteiger partial charge in [-0.05, 0) is 0 Å². The zero-order chi connectivity index (χ0) is 14.6. The Hall–Kier alpha value is -1.79. The van der Waals surface area contributed by atoms with E-state index in [1.165, 1.54) is 0 Å². The van der Waals surface area contributed by atoms with Gasteiger partial charge in [-0.25, -0.2) is 0 Å². The molecule has 0 saturated heterocycles. The number of rotatable bonds is 4. The topological polar surface area (TPSA) is 36.2 Å². The van der Waals surface area contributed by atoms with E-state index in [4.69, 9.17) is 0 Å². The fourth-order valence-corrected chi connectivity index (χ4v) is 1.46. The molecule has 1 amide bonds. The Bertz CT molecular complexity index is 429. The largest absolute Gasteiger partial charge is 0.405 e. The third kappa shape index (κ3) is 4.76. The van der Waals surface area contributed by atoms with Gasteiger partial charge in [-0.15, -0.1) is 0 Å². The van der Waals surface area contributed by atoms with Crippen molar-refractivity contribution in [3.63, 3.8) is 0 Å². The van der Waals surface area contributed by atoms with Gasteiger partial charge >= 0.3 is 6.18 Å². The second-order valence-electron chi connectivity index (χ2n) is 4.41. The first-order valence-corrected chi connectivity index (χ1v) is 5.73. The highest BCUT2D eigenvalue weighted by molar-refractivity contribution is 5.78. The molecule has 4 nitrogen and oxygen atoms in total.